The highest BCUT2D eigenvalue weighted by molar-refractivity contribution is 5.80. The molecule has 0 bridgehead atoms. The molecule has 0 N–H and O–H groups in total. The Morgan fingerprint density at radius 3 is 2.29 bits per heavy atom. The molecule has 0 aliphatic carbocycles. The van der Waals surface area contributed by atoms with Crippen LogP contribution in [0.3, 0.4) is 0 Å². The summed E-state index contributed by atoms with van der Waals surface area (Å²) in [6, 6.07) is 26.6. The molecule has 0 aliphatic rings. The molecule has 1 aromatic heterocycles. The van der Waals surface area contributed by atoms with Gasteiger partial charge in [0.2, 0.25) is 0 Å². The fourth-order valence-corrected chi connectivity index (χ4v) is 3.16. The summed E-state index contributed by atoms with van der Waals surface area (Å²) in [4.78, 5) is 4.80. The number of aromatic nitrogens is 2. The summed E-state index contributed by atoms with van der Waals surface area (Å²) >= 11 is 0. The van der Waals surface area contributed by atoms with Crippen molar-refractivity contribution in [2.45, 2.75) is 6.54 Å². The van der Waals surface area contributed by atoms with E-state index in [9.17, 15) is 0 Å². The molecule has 0 fully saturated rings. The third-order valence-corrected chi connectivity index (χ3v) is 4.62. The first-order valence-corrected chi connectivity index (χ1v) is 9.32. The predicted molar refractivity (Wildman–Crippen MR) is 117 cm³/mol. The Kier molecular flexibility index (Phi) is 5.34. The Bertz CT molecular complexity index is 1110. The summed E-state index contributed by atoms with van der Waals surface area (Å²) in [6.07, 6.45) is 8.47. The Labute approximate surface area is 165 Å². The van der Waals surface area contributed by atoms with Gasteiger partial charge in [-0.1, -0.05) is 72.8 Å². The van der Waals surface area contributed by atoms with Crippen molar-refractivity contribution in [3.8, 4) is 5.75 Å². The summed E-state index contributed by atoms with van der Waals surface area (Å²) in [7, 11) is 1.68. The average Bonchev–Trinajstić information content (AvgIpc) is 3.11. The number of hydrogen-bond donors (Lipinski definition) is 0. The fraction of sp³-hybridized carbons (Fsp3) is 0.0800. The van der Waals surface area contributed by atoms with Crippen molar-refractivity contribution in [2.75, 3.05) is 7.11 Å². The highest BCUT2D eigenvalue weighted by Crippen LogP contribution is 2.19. The minimum atomic E-state index is 0.762. The highest BCUT2D eigenvalue weighted by atomic mass is 16.5. The molecule has 0 spiro atoms. The molecular weight excluding hydrogens is 344 g/mol. The lowest BCUT2D eigenvalue weighted by molar-refractivity contribution is 0.415. The number of imidazole rings is 1. The summed E-state index contributed by atoms with van der Waals surface area (Å²) in [5, 5.41) is 0. The van der Waals surface area contributed by atoms with E-state index in [1.54, 1.807) is 7.11 Å². The molecule has 3 aromatic carbocycles. The minimum absolute atomic E-state index is 0.762. The van der Waals surface area contributed by atoms with Crippen LogP contribution in [0.25, 0.3) is 29.3 Å². The maximum absolute atomic E-state index is 5.22. The van der Waals surface area contributed by atoms with Crippen LogP contribution in [0.5, 0.6) is 5.75 Å². The molecule has 0 amide bonds. The summed E-state index contributed by atoms with van der Waals surface area (Å²) in [6.45, 7) is 0.762. The first kappa shape index (κ1) is 17.8. The SMILES string of the molecule is COc1ccc(C=Cc2nc3ccccc3n2CC=Cc2ccccc2)cc1. The lowest BCUT2D eigenvalue weighted by Crippen LogP contribution is -1.98. The van der Waals surface area contributed by atoms with Gasteiger partial charge in [-0.05, 0) is 41.5 Å². The van der Waals surface area contributed by atoms with Gasteiger partial charge in [-0.25, -0.2) is 4.98 Å². The largest absolute Gasteiger partial charge is 0.497 e. The smallest absolute Gasteiger partial charge is 0.134 e. The number of para-hydroxylation sites is 2. The second kappa shape index (κ2) is 8.40. The lowest BCUT2D eigenvalue weighted by atomic mass is 10.2. The first-order chi connectivity index (χ1) is 13.8. The Hall–Kier alpha value is -3.59. The highest BCUT2D eigenvalue weighted by Gasteiger charge is 2.06. The maximum Gasteiger partial charge on any atom is 0.134 e. The van der Waals surface area contributed by atoms with Crippen molar-refractivity contribution in [1.82, 2.24) is 9.55 Å². The van der Waals surface area contributed by atoms with Crippen molar-refractivity contribution in [3.05, 3.63) is 102 Å². The number of fused-ring (bicyclic) bond motifs is 1. The molecule has 0 unspecified atom stereocenters. The normalized spacial score (nSPS) is 11.6. The van der Waals surface area contributed by atoms with E-state index in [4.69, 9.17) is 9.72 Å². The molecule has 4 rings (SSSR count). The van der Waals surface area contributed by atoms with E-state index in [0.717, 1.165) is 34.7 Å². The van der Waals surface area contributed by atoms with Gasteiger partial charge < -0.3 is 9.30 Å². The van der Waals surface area contributed by atoms with Gasteiger partial charge in [-0.2, -0.15) is 0 Å². The van der Waals surface area contributed by atoms with E-state index in [1.807, 2.05) is 36.4 Å². The van der Waals surface area contributed by atoms with E-state index >= 15 is 0 Å². The first-order valence-electron chi connectivity index (χ1n) is 9.32. The van der Waals surface area contributed by atoms with Gasteiger partial charge in [-0.3, -0.25) is 0 Å². The van der Waals surface area contributed by atoms with Crippen LogP contribution < -0.4 is 4.74 Å². The van der Waals surface area contributed by atoms with E-state index in [-0.39, 0.29) is 0 Å². The van der Waals surface area contributed by atoms with Gasteiger partial charge in [0.1, 0.15) is 11.6 Å². The maximum atomic E-state index is 5.22. The van der Waals surface area contributed by atoms with Gasteiger partial charge in [-0.15, -0.1) is 0 Å². The molecule has 1 heterocycles. The van der Waals surface area contributed by atoms with E-state index in [1.165, 1.54) is 5.56 Å². The van der Waals surface area contributed by atoms with Crippen LogP contribution in [0.2, 0.25) is 0 Å². The molecule has 138 valence electrons. The van der Waals surface area contributed by atoms with Crippen LogP contribution in [0.1, 0.15) is 17.0 Å². The second-order valence-corrected chi connectivity index (χ2v) is 6.49. The minimum Gasteiger partial charge on any atom is -0.497 e. The van der Waals surface area contributed by atoms with E-state index in [0.29, 0.717) is 0 Å². The number of hydrogen-bond acceptors (Lipinski definition) is 2. The molecule has 3 nitrogen and oxygen atoms in total. The Balaban J connectivity index is 1.62. The number of methoxy groups -OCH3 is 1. The topological polar surface area (TPSA) is 27.1 Å². The van der Waals surface area contributed by atoms with Crippen LogP contribution >= 0.6 is 0 Å². The van der Waals surface area contributed by atoms with E-state index < -0.39 is 0 Å². The molecule has 0 aliphatic heterocycles. The third kappa shape index (κ3) is 4.04. The number of rotatable bonds is 6. The van der Waals surface area contributed by atoms with Gasteiger partial charge in [0.05, 0.1) is 18.1 Å². The van der Waals surface area contributed by atoms with Crippen LogP contribution in [0, 0.1) is 0 Å². The Morgan fingerprint density at radius 1 is 0.786 bits per heavy atom. The van der Waals surface area contributed by atoms with Crippen molar-refractivity contribution in [3.63, 3.8) is 0 Å². The van der Waals surface area contributed by atoms with Crippen molar-refractivity contribution in [1.29, 1.82) is 0 Å². The van der Waals surface area contributed by atoms with Gasteiger partial charge in [0.15, 0.2) is 0 Å². The predicted octanol–water partition coefficient (Wildman–Crippen LogP) is 5.93. The number of ether oxygens (including phenoxy) is 1. The summed E-state index contributed by atoms with van der Waals surface area (Å²) in [5.41, 5.74) is 4.45. The zero-order valence-electron chi connectivity index (χ0n) is 15.8. The lowest BCUT2D eigenvalue weighted by Gasteiger charge is -2.04. The molecule has 4 aromatic rings. The summed E-state index contributed by atoms with van der Waals surface area (Å²) in [5.74, 6) is 1.80. The monoisotopic (exact) mass is 366 g/mol. The molecular formula is C25H22N2O. The van der Waals surface area contributed by atoms with E-state index in [2.05, 4.69) is 71.3 Å². The van der Waals surface area contributed by atoms with Gasteiger partial charge in [0.25, 0.3) is 0 Å². The van der Waals surface area contributed by atoms with Gasteiger partial charge in [0, 0.05) is 6.54 Å². The number of allylic oxidation sites excluding steroid dienone is 1. The molecule has 28 heavy (non-hydrogen) atoms. The quantitative estimate of drug-likeness (QED) is 0.423. The second-order valence-electron chi connectivity index (χ2n) is 6.49. The third-order valence-electron chi connectivity index (χ3n) is 4.62. The van der Waals surface area contributed by atoms with Gasteiger partial charge >= 0.3 is 0 Å². The molecule has 3 heteroatoms. The molecule has 0 atom stereocenters. The molecule has 0 radical (unpaired) electrons. The number of benzene rings is 3. The van der Waals surface area contributed by atoms with Crippen LogP contribution in [-0.2, 0) is 6.54 Å². The summed E-state index contributed by atoms with van der Waals surface area (Å²) < 4.78 is 7.45. The number of nitrogens with zero attached hydrogens (tertiary/aromatic N) is 2. The zero-order valence-corrected chi connectivity index (χ0v) is 15.8. The van der Waals surface area contributed by atoms with Crippen LogP contribution in [-0.4, -0.2) is 16.7 Å². The Morgan fingerprint density at radius 2 is 1.50 bits per heavy atom. The average molecular weight is 366 g/mol. The molecule has 0 saturated carbocycles. The zero-order chi connectivity index (χ0) is 19.2. The van der Waals surface area contributed by atoms with Crippen LogP contribution in [0.4, 0.5) is 0 Å². The fourth-order valence-electron chi connectivity index (χ4n) is 3.16. The van der Waals surface area contributed by atoms with Crippen molar-refractivity contribution in [2.24, 2.45) is 0 Å². The van der Waals surface area contributed by atoms with Crippen molar-refractivity contribution < 1.29 is 4.74 Å². The molecule has 0 saturated heterocycles. The van der Waals surface area contributed by atoms with Crippen molar-refractivity contribution >= 4 is 29.3 Å². The van der Waals surface area contributed by atoms with Crippen LogP contribution in [0.15, 0.2) is 84.9 Å². The standard InChI is InChI=1S/C25H22N2O/c1-28-22-16-13-21(14-17-22)15-18-25-26-23-11-5-6-12-24(23)27(25)19-7-10-20-8-3-2-4-9-20/h2-18H,19H2,1H3.